The molecular formula is C25H31N9O2. The molecular weight excluding hydrogens is 458 g/mol. The van der Waals surface area contributed by atoms with Crippen molar-refractivity contribution in [1.29, 1.82) is 0 Å². The molecule has 188 valence electrons. The minimum atomic E-state index is -0.339. The molecule has 0 saturated carbocycles. The van der Waals surface area contributed by atoms with Crippen molar-refractivity contribution in [2.45, 2.75) is 13.2 Å². The van der Waals surface area contributed by atoms with Crippen molar-refractivity contribution in [2.75, 3.05) is 49.2 Å². The maximum atomic E-state index is 13.0. The lowest BCUT2D eigenvalue weighted by Gasteiger charge is -2.35. The second kappa shape index (κ2) is 11.0. The van der Waals surface area contributed by atoms with Gasteiger partial charge in [0, 0.05) is 61.7 Å². The summed E-state index contributed by atoms with van der Waals surface area (Å²) in [5, 5.41) is 13.1. The number of likely N-dealkylation sites (N-methyl/N-ethyl adjacent to an activating group) is 1. The number of aromatic nitrogens is 4. The monoisotopic (exact) mass is 489 g/mol. The Labute approximate surface area is 209 Å². The summed E-state index contributed by atoms with van der Waals surface area (Å²) >= 11 is 0. The number of aliphatic hydroxyl groups excluding tert-OH is 1. The normalized spacial score (nSPS) is 14.3. The lowest BCUT2D eigenvalue weighted by Crippen LogP contribution is -2.44. The molecule has 1 saturated heterocycles. The Morgan fingerprint density at radius 1 is 1.28 bits per heavy atom. The number of aliphatic imine (C=N–C) groups is 1. The number of allylic oxidation sites excluding steroid dienone is 1. The van der Waals surface area contributed by atoms with Crippen molar-refractivity contribution in [2.24, 2.45) is 4.99 Å². The minimum absolute atomic E-state index is 0.0811. The van der Waals surface area contributed by atoms with Crippen LogP contribution in [-0.4, -0.2) is 68.8 Å². The SMILES string of the molecule is C=CCn1c(=O)c(/C=N\C(=C)Nc2ccc(N3CCN(C)CC3)c(CO)c2)c(N)n1-c1cnccn1. The van der Waals surface area contributed by atoms with E-state index in [0.717, 1.165) is 43.1 Å². The van der Waals surface area contributed by atoms with Crippen LogP contribution in [0.1, 0.15) is 11.1 Å². The number of benzene rings is 1. The molecule has 4 N–H and O–H groups in total. The zero-order chi connectivity index (χ0) is 25.7. The van der Waals surface area contributed by atoms with Gasteiger partial charge in [0.05, 0.1) is 19.3 Å². The van der Waals surface area contributed by atoms with E-state index in [1.165, 1.54) is 34.2 Å². The number of hydrogen-bond donors (Lipinski definition) is 3. The van der Waals surface area contributed by atoms with Gasteiger partial charge in [0.25, 0.3) is 5.56 Å². The Morgan fingerprint density at radius 2 is 2.06 bits per heavy atom. The van der Waals surface area contributed by atoms with Gasteiger partial charge < -0.3 is 26.0 Å². The Kier molecular flexibility index (Phi) is 7.62. The summed E-state index contributed by atoms with van der Waals surface area (Å²) in [6.45, 7) is 11.6. The van der Waals surface area contributed by atoms with Gasteiger partial charge >= 0.3 is 0 Å². The molecule has 3 aromatic rings. The van der Waals surface area contributed by atoms with E-state index in [0.29, 0.717) is 11.6 Å². The number of piperazine rings is 1. The van der Waals surface area contributed by atoms with Gasteiger partial charge in [-0.3, -0.25) is 9.78 Å². The molecule has 0 bridgehead atoms. The lowest BCUT2D eigenvalue weighted by molar-refractivity contribution is 0.280. The van der Waals surface area contributed by atoms with Crippen molar-refractivity contribution < 1.29 is 5.11 Å². The van der Waals surface area contributed by atoms with Crippen LogP contribution in [0.25, 0.3) is 5.82 Å². The van der Waals surface area contributed by atoms with Gasteiger partial charge in [-0.25, -0.2) is 19.3 Å². The number of nitrogens with two attached hydrogens (primary N) is 1. The second-order valence-corrected chi connectivity index (χ2v) is 8.47. The number of nitrogens with one attached hydrogen (secondary N) is 1. The first-order valence-corrected chi connectivity index (χ1v) is 11.6. The van der Waals surface area contributed by atoms with Gasteiger partial charge in [0.2, 0.25) is 0 Å². The molecule has 0 aliphatic carbocycles. The highest BCUT2D eigenvalue weighted by atomic mass is 16.3. The molecule has 11 heteroatoms. The minimum Gasteiger partial charge on any atom is -0.392 e. The predicted molar refractivity (Wildman–Crippen MR) is 143 cm³/mol. The fraction of sp³-hybridized carbons (Fsp3) is 0.280. The molecule has 0 unspecified atom stereocenters. The third-order valence-corrected chi connectivity index (χ3v) is 6.01. The first-order chi connectivity index (χ1) is 17.4. The number of aliphatic hydroxyl groups is 1. The standard InChI is InChI=1S/C25H31N9O2/c1-4-9-33-25(36)21(24(26)34(33)23-16-27-7-8-28-23)15-29-18(2)30-20-5-6-22(19(14-20)17-35)32-12-10-31(3)11-13-32/h4-8,14-16,30,35H,1-2,9-13,17,26H2,3H3/b29-15-. The summed E-state index contributed by atoms with van der Waals surface area (Å²) in [4.78, 5) is 30.2. The molecule has 1 fully saturated rings. The van der Waals surface area contributed by atoms with Crippen molar-refractivity contribution in [3.63, 3.8) is 0 Å². The summed E-state index contributed by atoms with van der Waals surface area (Å²) in [6.07, 6.45) is 7.55. The van der Waals surface area contributed by atoms with Gasteiger partial charge in [-0.1, -0.05) is 12.7 Å². The van der Waals surface area contributed by atoms with Gasteiger partial charge in [0.1, 0.15) is 17.2 Å². The molecule has 2 aromatic heterocycles. The highest BCUT2D eigenvalue weighted by molar-refractivity contribution is 5.86. The van der Waals surface area contributed by atoms with Crippen LogP contribution < -0.4 is 21.5 Å². The van der Waals surface area contributed by atoms with Crippen molar-refractivity contribution in [3.8, 4) is 5.82 Å². The molecule has 1 aliphatic rings. The molecule has 4 rings (SSSR count). The Hall–Kier alpha value is -4.22. The van der Waals surface area contributed by atoms with Gasteiger partial charge in [0.15, 0.2) is 5.82 Å². The fourth-order valence-corrected chi connectivity index (χ4v) is 4.13. The van der Waals surface area contributed by atoms with E-state index in [-0.39, 0.29) is 30.1 Å². The van der Waals surface area contributed by atoms with Gasteiger partial charge in [-0.05, 0) is 25.2 Å². The average molecular weight is 490 g/mol. The topological polar surface area (TPSA) is 130 Å². The summed E-state index contributed by atoms with van der Waals surface area (Å²) in [5.41, 5.74) is 8.73. The van der Waals surface area contributed by atoms with E-state index in [9.17, 15) is 9.90 Å². The third kappa shape index (κ3) is 5.21. The molecule has 3 heterocycles. The van der Waals surface area contributed by atoms with Crippen molar-refractivity contribution in [3.05, 3.63) is 83.3 Å². The average Bonchev–Trinajstić information content (AvgIpc) is 3.12. The largest absolute Gasteiger partial charge is 0.392 e. The molecule has 1 aromatic carbocycles. The maximum Gasteiger partial charge on any atom is 0.278 e. The number of hydrogen-bond acceptors (Lipinski definition) is 9. The smallest absolute Gasteiger partial charge is 0.278 e. The molecule has 1 aliphatic heterocycles. The van der Waals surface area contributed by atoms with Crippen LogP contribution in [-0.2, 0) is 13.2 Å². The van der Waals surface area contributed by atoms with Crippen LogP contribution in [0.2, 0.25) is 0 Å². The van der Waals surface area contributed by atoms with E-state index in [1.807, 2.05) is 18.2 Å². The highest BCUT2D eigenvalue weighted by Gasteiger charge is 2.19. The summed E-state index contributed by atoms with van der Waals surface area (Å²) in [5.74, 6) is 0.896. The van der Waals surface area contributed by atoms with E-state index in [1.54, 1.807) is 6.08 Å². The van der Waals surface area contributed by atoms with Crippen LogP contribution in [0.4, 0.5) is 17.2 Å². The van der Waals surface area contributed by atoms with Crippen LogP contribution in [0.5, 0.6) is 0 Å². The maximum absolute atomic E-state index is 13.0. The fourth-order valence-electron chi connectivity index (χ4n) is 4.13. The van der Waals surface area contributed by atoms with E-state index in [2.05, 4.69) is 50.3 Å². The predicted octanol–water partition coefficient (Wildman–Crippen LogP) is 1.44. The molecule has 0 spiro atoms. The number of rotatable bonds is 9. The highest BCUT2D eigenvalue weighted by Crippen LogP contribution is 2.26. The second-order valence-electron chi connectivity index (χ2n) is 8.47. The molecule has 36 heavy (non-hydrogen) atoms. The lowest BCUT2D eigenvalue weighted by atomic mass is 10.1. The molecule has 0 atom stereocenters. The van der Waals surface area contributed by atoms with Crippen LogP contribution in [0.3, 0.4) is 0 Å². The zero-order valence-electron chi connectivity index (χ0n) is 20.3. The number of nitrogens with zero attached hydrogens (tertiary/aromatic N) is 7. The number of nitrogen functional groups attached to an aromatic ring is 1. The van der Waals surface area contributed by atoms with E-state index in [4.69, 9.17) is 5.73 Å². The molecule has 11 nitrogen and oxygen atoms in total. The van der Waals surface area contributed by atoms with E-state index < -0.39 is 0 Å². The first-order valence-electron chi connectivity index (χ1n) is 11.6. The molecule has 0 amide bonds. The Morgan fingerprint density at radius 3 is 2.72 bits per heavy atom. The Bertz CT molecular complexity index is 1320. The zero-order valence-corrected chi connectivity index (χ0v) is 20.3. The van der Waals surface area contributed by atoms with Gasteiger partial charge in [-0.15, -0.1) is 6.58 Å². The first kappa shape index (κ1) is 24.9. The third-order valence-electron chi connectivity index (χ3n) is 6.01. The van der Waals surface area contributed by atoms with Crippen molar-refractivity contribution >= 4 is 23.4 Å². The van der Waals surface area contributed by atoms with Crippen LogP contribution >= 0.6 is 0 Å². The Balaban J connectivity index is 1.54. The molecule has 0 radical (unpaired) electrons. The van der Waals surface area contributed by atoms with E-state index >= 15 is 0 Å². The summed E-state index contributed by atoms with van der Waals surface area (Å²) < 4.78 is 2.90. The van der Waals surface area contributed by atoms with Crippen LogP contribution in [0.15, 0.2) is 71.6 Å². The van der Waals surface area contributed by atoms with Crippen LogP contribution in [0, 0.1) is 0 Å². The summed E-state index contributed by atoms with van der Waals surface area (Å²) in [6, 6.07) is 5.79. The van der Waals surface area contributed by atoms with Crippen molar-refractivity contribution in [1.82, 2.24) is 24.2 Å². The number of anilines is 3. The van der Waals surface area contributed by atoms with Gasteiger partial charge in [-0.2, -0.15) is 0 Å². The quantitative estimate of drug-likeness (QED) is 0.304. The summed E-state index contributed by atoms with van der Waals surface area (Å²) in [7, 11) is 2.11.